The topological polar surface area (TPSA) is 45.2 Å². The fourth-order valence-corrected chi connectivity index (χ4v) is 3.84. The Morgan fingerprint density at radius 1 is 1.23 bits per heavy atom. The van der Waals surface area contributed by atoms with E-state index in [1.807, 2.05) is 12.1 Å². The Hall–Kier alpha value is -1.42. The fraction of sp³-hybridized carbons (Fsp3) is 0.667. The fourth-order valence-electron chi connectivity index (χ4n) is 3.84. The molecule has 120 valence electrons. The molecular weight excluding hydrogens is 274 g/mol. The van der Waals surface area contributed by atoms with Crippen LogP contribution in [-0.2, 0) is 0 Å². The van der Waals surface area contributed by atoms with Crippen molar-refractivity contribution < 1.29 is 4.79 Å². The molecule has 0 aromatic carbocycles. The standard InChI is InChI=1S/C18H27N3O/c22-18(16-8-4-10-19-12-16)20-17-9-5-11-21(14-17)13-15-6-2-1-3-7-15/h4,8,10,12,15,17H,1-3,5-7,9,11,13-14H2,(H,20,22)/t17-/m0/s1. The Labute approximate surface area is 133 Å². The van der Waals surface area contributed by atoms with Crippen LogP contribution >= 0.6 is 0 Å². The largest absolute Gasteiger partial charge is 0.348 e. The minimum absolute atomic E-state index is 0.0117. The van der Waals surface area contributed by atoms with Gasteiger partial charge < -0.3 is 10.2 Å². The Kier molecular flexibility index (Phi) is 5.43. The van der Waals surface area contributed by atoms with Crippen LogP contribution in [0.5, 0.6) is 0 Å². The normalized spacial score (nSPS) is 24.1. The number of rotatable bonds is 4. The summed E-state index contributed by atoms with van der Waals surface area (Å²) in [7, 11) is 0. The Balaban J connectivity index is 1.49. The van der Waals surface area contributed by atoms with Gasteiger partial charge in [-0.05, 0) is 50.3 Å². The van der Waals surface area contributed by atoms with Crippen LogP contribution in [0.1, 0.15) is 55.3 Å². The molecule has 0 unspecified atom stereocenters. The van der Waals surface area contributed by atoms with Gasteiger partial charge in [0.1, 0.15) is 0 Å². The molecule has 1 atom stereocenters. The van der Waals surface area contributed by atoms with Gasteiger partial charge in [0.15, 0.2) is 0 Å². The average molecular weight is 301 g/mol. The number of aromatic nitrogens is 1. The predicted octanol–water partition coefficient (Wildman–Crippen LogP) is 2.86. The molecule has 1 aliphatic carbocycles. The van der Waals surface area contributed by atoms with Gasteiger partial charge in [-0.1, -0.05) is 19.3 Å². The number of pyridine rings is 1. The molecule has 0 bridgehead atoms. The zero-order valence-electron chi connectivity index (χ0n) is 13.3. The van der Waals surface area contributed by atoms with Crippen molar-refractivity contribution in [1.82, 2.24) is 15.2 Å². The number of hydrogen-bond donors (Lipinski definition) is 1. The van der Waals surface area contributed by atoms with E-state index >= 15 is 0 Å². The summed E-state index contributed by atoms with van der Waals surface area (Å²) in [6.07, 6.45) is 12.6. The molecule has 1 N–H and O–H groups in total. The van der Waals surface area contributed by atoms with Gasteiger partial charge in [0.25, 0.3) is 5.91 Å². The lowest BCUT2D eigenvalue weighted by atomic mass is 9.88. The number of piperidine rings is 1. The van der Waals surface area contributed by atoms with Crippen molar-refractivity contribution in [1.29, 1.82) is 0 Å². The third-order valence-corrected chi connectivity index (χ3v) is 5.01. The third-order valence-electron chi connectivity index (χ3n) is 5.01. The average Bonchev–Trinajstić information content (AvgIpc) is 2.57. The first kappa shape index (κ1) is 15.5. The molecule has 4 nitrogen and oxygen atoms in total. The van der Waals surface area contributed by atoms with E-state index < -0.39 is 0 Å². The number of carbonyl (C=O) groups excluding carboxylic acids is 1. The SMILES string of the molecule is O=C(N[C@H]1CCCN(CC2CCCCC2)C1)c1cccnc1. The first-order valence-corrected chi connectivity index (χ1v) is 8.74. The number of amides is 1. The molecule has 4 heteroatoms. The molecule has 2 aliphatic rings. The maximum Gasteiger partial charge on any atom is 0.253 e. The van der Waals surface area contributed by atoms with Gasteiger partial charge in [-0.15, -0.1) is 0 Å². The van der Waals surface area contributed by atoms with E-state index in [1.54, 1.807) is 12.4 Å². The first-order valence-electron chi connectivity index (χ1n) is 8.74. The molecule has 1 saturated carbocycles. The van der Waals surface area contributed by atoms with Gasteiger partial charge in [-0.3, -0.25) is 9.78 Å². The Morgan fingerprint density at radius 2 is 2.09 bits per heavy atom. The number of nitrogens with one attached hydrogen (secondary N) is 1. The molecule has 1 aromatic heterocycles. The summed E-state index contributed by atoms with van der Waals surface area (Å²) >= 11 is 0. The highest BCUT2D eigenvalue weighted by molar-refractivity contribution is 5.94. The summed E-state index contributed by atoms with van der Waals surface area (Å²) in [5.41, 5.74) is 0.659. The molecule has 1 aromatic rings. The lowest BCUT2D eigenvalue weighted by molar-refractivity contribution is 0.0889. The van der Waals surface area contributed by atoms with Crippen molar-refractivity contribution in [3.05, 3.63) is 30.1 Å². The van der Waals surface area contributed by atoms with Crippen LogP contribution in [-0.4, -0.2) is 41.5 Å². The van der Waals surface area contributed by atoms with Crippen LogP contribution in [0.2, 0.25) is 0 Å². The number of carbonyl (C=O) groups is 1. The number of hydrogen-bond acceptors (Lipinski definition) is 3. The third kappa shape index (κ3) is 4.29. The highest BCUT2D eigenvalue weighted by atomic mass is 16.1. The van der Waals surface area contributed by atoms with Crippen LogP contribution in [0.4, 0.5) is 0 Å². The minimum atomic E-state index is 0.0117. The number of nitrogens with zero attached hydrogens (tertiary/aromatic N) is 2. The van der Waals surface area contributed by atoms with Crippen molar-refractivity contribution in [2.24, 2.45) is 5.92 Å². The lowest BCUT2D eigenvalue weighted by Gasteiger charge is -2.36. The zero-order chi connectivity index (χ0) is 15.2. The lowest BCUT2D eigenvalue weighted by Crippen LogP contribution is -2.48. The van der Waals surface area contributed by atoms with E-state index in [0.717, 1.165) is 18.9 Å². The molecular formula is C18H27N3O. The van der Waals surface area contributed by atoms with Crippen LogP contribution in [0, 0.1) is 5.92 Å². The Morgan fingerprint density at radius 3 is 2.86 bits per heavy atom. The Bertz CT molecular complexity index is 470. The molecule has 1 amide bonds. The summed E-state index contributed by atoms with van der Waals surface area (Å²) in [4.78, 5) is 18.8. The molecule has 22 heavy (non-hydrogen) atoms. The summed E-state index contributed by atoms with van der Waals surface area (Å²) in [5, 5.41) is 3.18. The predicted molar refractivity (Wildman–Crippen MR) is 87.7 cm³/mol. The van der Waals surface area contributed by atoms with Crippen LogP contribution in [0.3, 0.4) is 0 Å². The second kappa shape index (κ2) is 7.73. The molecule has 1 aliphatic heterocycles. The van der Waals surface area contributed by atoms with E-state index in [2.05, 4.69) is 15.2 Å². The monoisotopic (exact) mass is 301 g/mol. The van der Waals surface area contributed by atoms with E-state index in [4.69, 9.17) is 0 Å². The quantitative estimate of drug-likeness (QED) is 0.930. The van der Waals surface area contributed by atoms with Gasteiger partial charge >= 0.3 is 0 Å². The molecule has 1 saturated heterocycles. The molecule has 0 radical (unpaired) electrons. The minimum Gasteiger partial charge on any atom is -0.348 e. The van der Waals surface area contributed by atoms with E-state index in [-0.39, 0.29) is 11.9 Å². The highest BCUT2D eigenvalue weighted by Crippen LogP contribution is 2.25. The zero-order valence-corrected chi connectivity index (χ0v) is 13.3. The van der Waals surface area contributed by atoms with Gasteiger partial charge in [0.05, 0.1) is 5.56 Å². The maximum atomic E-state index is 12.2. The second-order valence-electron chi connectivity index (χ2n) is 6.82. The van der Waals surface area contributed by atoms with Gasteiger partial charge in [0, 0.05) is 31.5 Å². The molecule has 3 rings (SSSR count). The summed E-state index contributed by atoms with van der Waals surface area (Å²) < 4.78 is 0. The summed E-state index contributed by atoms with van der Waals surface area (Å²) in [5.74, 6) is 0.888. The highest BCUT2D eigenvalue weighted by Gasteiger charge is 2.24. The van der Waals surface area contributed by atoms with Gasteiger partial charge in [-0.25, -0.2) is 0 Å². The van der Waals surface area contributed by atoms with Gasteiger partial charge in [0.2, 0.25) is 0 Å². The summed E-state index contributed by atoms with van der Waals surface area (Å²) in [6.45, 7) is 3.41. The molecule has 0 spiro atoms. The maximum absolute atomic E-state index is 12.2. The van der Waals surface area contributed by atoms with Gasteiger partial charge in [-0.2, -0.15) is 0 Å². The van der Waals surface area contributed by atoms with E-state index in [0.29, 0.717) is 5.56 Å². The van der Waals surface area contributed by atoms with E-state index in [9.17, 15) is 4.79 Å². The molecule has 2 fully saturated rings. The first-order chi connectivity index (χ1) is 10.8. The van der Waals surface area contributed by atoms with Crippen molar-refractivity contribution >= 4 is 5.91 Å². The number of likely N-dealkylation sites (tertiary alicyclic amines) is 1. The van der Waals surface area contributed by atoms with Crippen LogP contribution < -0.4 is 5.32 Å². The van der Waals surface area contributed by atoms with Crippen LogP contribution in [0.15, 0.2) is 24.5 Å². The molecule has 2 heterocycles. The smallest absolute Gasteiger partial charge is 0.253 e. The van der Waals surface area contributed by atoms with E-state index in [1.165, 1.54) is 51.6 Å². The van der Waals surface area contributed by atoms with Crippen molar-refractivity contribution in [2.75, 3.05) is 19.6 Å². The summed E-state index contributed by atoms with van der Waals surface area (Å²) in [6, 6.07) is 3.92. The second-order valence-corrected chi connectivity index (χ2v) is 6.82. The van der Waals surface area contributed by atoms with Crippen molar-refractivity contribution in [3.8, 4) is 0 Å². The van der Waals surface area contributed by atoms with Crippen molar-refractivity contribution in [3.63, 3.8) is 0 Å². The van der Waals surface area contributed by atoms with Crippen molar-refractivity contribution in [2.45, 2.75) is 51.0 Å². The van der Waals surface area contributed by atoms with Crippen LogP contribution in [0.25, 0.3) is 0 Å².